The molecule has 9 atom stereocenters. The fourth-order valence-corrected chi connectivity index (χ4v) is 4.85. The van der Waals surface area contributed by atoms with E-state index in [1.54, 1.807) is 0 Å². The summed E-state index contributed by atoms with van der Waals surface area (Å²) in [6, 6.07) is 0. The quantitative estimate of drug-likeness (QED) is 0.0239. The van der Waals surface area contributed by atoms with E-state index in [2.05, 4.69) is 11.8 Å². The molecular weight excluding hydrogens is 1380 g/mol. The summed E-state index contributed by atoms with van der Waals surface area (Å²) in [5.74, 6) is 4.92. The second-order valence-electron chi connectivity index (χ2n) is 36.9. The van der Waals surface area contributed by atoms with Crippen molar-refractivity contribution in [2.75, 3.05) is 72.7 Å². The van der Waals surface area contributed by atoms with Crippen molar-refractivity contribution in [2.24, 2.45) is 0 Å². The van der Waals surface area contributed by atoms with Crippen LogP contribution >= 0.6 is 0 Å². The maximum atomic E-state index is 9.10. The molecule has 108 heavy (non-hydrogen) atoms. The van der Waals surface area contributed by atoms with E-state index in [0.717, 1.165) is 57.8 Å². The van der Waals surface area contributed by atoms with E-state index < -0.39 is 0 Å². The van der Waals surface area contributed by atoms with Crippen LogP contribution in [-0.2, 0) is 52.1 Å². The third kappa shape index (κ3) is 168. The fourth-order valence-electron chi connectivity index (χ4n) is 4.85. The summed E-state index contributed by atoms with van der Waals surface area (Å²) in [6.45, 7) is 88.0. The van der Waals surface area contributed by atoms with Gasteiger partial charge in [-0.2, -0.15) is 0 Å². The first kappa shape index (κ1) is 133. The first-order chi connectivity index (χ1) is 47.7. The van der Waals surface area contributed by atoms with Gasteiger partial charge in [0.15, 0.2) is 0 Å². The highest BCUT2D eigenvalue weighted by Crippen LogP contribution is 2.15. The van der Waals surface area contributed by atoms with Crippen molar-refractivity contribution in [1.82, 2.24) is 0 Å². The maximum absolute atomic E-state index is 9.10. The molecule has 20 nitrogen and oxygen atoms in total. The van der Waals surface area contributed by atoms with Gasteiger partial charge in [-0.3, -0.25) is 0 Å². The molecule has 0 aliphatic heterocycles. The number of terminal acetylenes is 2. The third-order valence-corrected chi connectivity index (χ3v) is 12.0. The van der Waals surface area contributed by atoms with Gasteiger partial charge >= 0.3 is 0 Å². The zero-order valence-corrected chi connectivity index (χ0v) is 78.2. The van der Waals surface area contributed by atoms with Crippen LogP contribution in [0.3, 0.4) is 0 Å². The van der Waals surface area contributed by atoms with Crippen LogP contribution in [0.1, 0.15) is 362 Å². The molecule has 20 heteroatoms. The summed E-state index contributed by atoms with van der Waals surface area (Å²) in [7, 11) is 0. The topological polar surface area (TPSA) is 284 Å². The van der Waals surface area contributed by atoms with Crippen molar-refractivity contribution in [1.29, 1.82) is 0 Å². The van der Waals surface area contributed by atoms with Crippen molar-refractivity contribution < 1.29 is 98.1 Å². The zero-order valence-electron chi connectivity index (χ0n) is 78.2. The van der Waals surface area contributed by atoms with E-state index in [1.807, 2.05) is 291 Å². The molecule has 0 amide bonds. The third-order valence-electron chi connectivity index (χ3n) is 12.0. The van der Waals surface area contributed by atoms with Crippen LogP contribution in [-0.4, -0.2) is 235 Å². The lowest BCUT2D eigenvalue weighted by atomic mass is 10.2. The van der Waals surface area contributed by atoms with E-state index in [1.165, 1.54) is 0 Å². The van der Waals surface area contributed by atoms with Crippen molar-refractivity contribution in [2.45, 2.75) is 479 Å². The Morgan fingerprint density at radius 3 is 0.380 bits per heavy atom. The number of hydrogen-bond donors (Lipinski definition) is 9. The summed E-state index contributed by atoms with van der Waals surface area (Å²) in [5, 5.41) is 81.9. The lowest BCUT2D eigenvalue weighted by Gasteiger charge is -2.21. The van der Waals surface area contributed by atoms with E-state index >= 15 is 0 Å². The molecule has 0 aromatic rings. The number of rotatable bonds is 30. The van der Waals surface area contributed by atoms with Crippen LogP contribution < -0.4 is 0 Å². The SMILES string of the molecule is C.C#CCCOC(C)(C)C.C#CCOC(C)(C)C.CCC(O)COC(C)(C)C.CCC(O)COC(C)(C)C.CCC(O)COC(C)(C)C.CC[C@@H](O)COC(C)(C)C.CC[C@@H](O)COC(C)(C)C.CC[C@@H](O)COC(C)(C)C.CC[C@H](O)COC(C)(C)C.CC[C@H](O)COC(C)(C)C.CC[C@H](O)COC(C)(C)C. The Kier molecular flexibility index (Phi) is 89.6. The van der Waals surface area contributed by atoms with E-state index in [9.17, 15) is 0 Å². The predicted molar refractivity (Wildman–Crippen MR) is 458 cm³/mol. The normalized spacial score (nSPS) is 14.5. The van der Waals surface area contributed by atoms with Crippen molar-refractivity contribution in [3.05, 3.63) is 0 Å². The van der Waals surface area contributed by atoms with Gasteiger partial charge in [0.05, 0.1) is 183 Å². The average Bonchev–Trinajstić information content (AvgIpc) is 0.996. The summed E-state index contributed by atoms with van der Waals surface area (Å²) in [4.78, 5) is 0. The molecule has 0 radical (unpaired) electrons. The second kappa shape index (κ2) is 73.0. The Labute approximate surface area is 671 Å². The minimum Gasteiger partial charge on any atom is -0.391 e. The highest BCUT2D eigenvalue weighted by molar-refractivity contribution is 4.84. The summed E-state index contributed by atoms with van der Waals surface area (Å²) < 4.78 is 58.5. The molecule has 0 spiro atoms. The number of hydrogen-bond acceptors (Lipinski definition) is 20. The Bertz CT molecular complexity index is 1550. The summed E-state index contributed by atoms with van der Waals surface area (Å²) >= 11 is 0. The fraction of sp³-hybridized carbons (Fsp3) is 0.955. The highest BCUT2D eigenvalue weighted by atomic mass is 16.5. The standard InChI is InChI=1S/9C8H18O2.C8H14O.C7H12O.CH4/c9*1-5-7(9)6-10-8(2,3)4;1-5-6-7-9-8(2,3)4;1-5-6-8-7(2,3)4;/h9*7,9H,5-6H2,1-4H3;1H,6-7H2,2-4H3;1H,6H2,2-4H3;1H4/t6*7-;;;;;;/m111000....../s1. The van der Waals surface area contributed by atoms with Gasteiger partial charge in [0, 0.05) is 6.42 Å². The van der Waals surface area contributed by atoms with Gasteiger partial charge in [-0.15, -0.1) is 18.8 Å². The molecule has 0 aromatic carbocycles. The Balaban J connectivity index is -0.0000000938. The minimum atomic E-state index is -0.306. The zero-order chi connectivity index (χ0) is 87.7. The molecule has 9 N–H and O–H groups in total. The first-order valence-electron chi connectivity index (χ1n) is 39.7. The number of aliphatic hydroxyl groups is 9. The Morgan fingerprint density at radius 2 is 0.315 bits per heavy atom. The first-order valence-corrected chi connectivity index (χ1v) is 39.7. The molecular formula is C88H192O20. The smallest absolute Gasteiger partial charge is 0.108 e. The molecule has 664 valence electrons. The maximum Gasteiger partial charge on any atom is 0.108 e. The van der Waals surface area contributed by atoms with Crippen molar-refractivity contribution >= 4 is 0 Å². The summed E-state index contributed by atoms with van der Waals surface area (Å²) in [5.41, 5.74) is -1.30. The minimum absolute atomic E-state index is 0. The molecule has 3 unspecified atom stereocenters. The second-order valence-corrected chi connectivity index (χ2v) is 36.9. The number of ether oxygens (including phenoxy) is 11. The van der Waals surface area contributed by atoms with E-state index in [-0.39, 0.29) is 124 Å². The highest BCUT2D eigenvalue weighted by Gasteiger charge is 2.19. The van der Waals surface area contributed by atoms with Crippen LogP contribution in [0.5, 0.6) is 0 Å². The molecule has 0 aromatic heterocycles. The molecule has 0 saturated heterocycles. The van der Waals surface area contributed by atoms with Crippen molar-refractivity contribution in [3.63, 3.8) is 0 Å². The van der Waals surface area contributed by atoms with Gasteiger partial charge in [0.25, 0.3) is 0 Å². The lowest BCUT2D eigenvalue weighted by Crippen LogP contribution is -2.25. The molecule has 0 fully saturated rings. The monoisotopic (exact) mass is 1570 g/mol. The molecule has 0 rings (SSSR count). The summed E-state index contributed by atoms with van der Waals surface area (Å²) in [6.07, 6.45) is 14.8. The van der Waals surface area contributed by atoms with Crippen LogP contribution in [0.4, 0.5) is 0 Å². The number of aliphatic hydroxyl groups excluding tert-OH is 9. The van der Waals surface area contributed by atoms with Crippen LogP contribution in [0, 0.1) is 24.7 Å². The van der Waals surface area contributed by atoms with Crippen LogP contribution in [0.15, 0.2) is 0 Å². The molecule has 0 bridgehead atoms. The molecule has 0 aliphatic rings. The van der Waals surface area contributed by atoms with Gasteiger partial charge in [0.1, 0.15) is 6.61 Å². The van der Waals surface area contributed by atoms with Gasteiger partial charge in [-0.05, 0) is 286 Å². The van der Waals surface area contributed by atoms with Gasteiger partial charge in [-0.1, -0.05) is 75.7 Å². The van der Waals surface area contributed by atoms with E-state index in [0.29, 0.717) is 79.1 Å². The van der Waals surface area contributed by atoms with Crippen molar-refractivity contribution in [3.8, 4) is 24.7 Å². The molecule has 0 saturated carbocycles. The van der Waals surface area contributed by atoms with Crippen LogP contribution in [0.2, 0.25) is 0 Å². The largest absolute Gasteiger partial charge is 0.391 e. The Morgan fingerprint density at radius 1 is 0.204 bits per heavy atom. The predicted octanol–water partition coefficient (Wildman–Crippen LogP) is 18.0. The van der Waals surface area contributed by atoms with Gasteiger partial charge in [0.2, 0.25) is 0 Å². The Hall–Kier alpha value is -1.68. The molecule has 0 aliphatic carbocycles. The lowest BCUT2D eigenvalue weighted by molar-refractivity contribution is -0.0493. The van der Waals surface area contributed by atoms with Gasteiger partial charge < -0.3 is 98.1 Å². The van der Waals surface area contributed by atoms with Crippen LogP contribution in [0.25, 0.3) is 0 Å². The average molecular weight is 1570 g/mol. The van der Waals surface area contributed by atoms with Gasteiger partial charge in [-0.25, -0.2) is 0 Å². The van der Waals surface area contributed by atoms with E-state index in [4.69, 9.17) is 111 Å². The molecule has 0 heterocycles.